The van der Waals surface area contributed by atoms with Gasteiger partial charge in [0.2, 0.25) is 0 Å². The number of rotatable bonds is 3. The van der Waals surface area contributed by atoms with Gasteiger partial charge in [0.1, 0.15) is 0 Å². The molecule has 0 aliphatic carbocycles. The number of hydrogen-bond donors (Lipinski definition) is 0. The highest BCUT2D eigenvalue weighted by atomic mass is 32.2. The van der Waals surface area contributed by atoms with Gasteiger partial charge in [-0.05, 0) is 33.3 Å². The summed E-state index contributed by atoms with van der Waals surface area (Å²) in [5.74, 6) is 0.939. The first-order valence-electron chi connectivity index (χ1n) is 5.09. The van der Waals surface area contributed by atoms with Crippen molar-refractivity contribution in [2.24, 2.45) is 0 Å². The Morgan fingerprint density at radius 2 is 1.80 bits per heavy atom. The molecule has 15 heavy (non-hydrogen) atoms. The molecule has 0 bridgehead atoms. The maximum Gasteiger partial charge on any atom is 0.188 e. The van der Waals surface area contributed by atoms with E-state index < -0.39 is 0 Å². The van der Waals surface area contributed by atoms with Gasteiger partial charge in [-0.3, -0.25) is 0 Å². The van der Waals surface area contributed by atoms with Gasteiger partial charge in [0, 0.05) is 17.1 Å². The van der Waals surface area contributed by atoms with Crippen LogP contribution in [0.1, 0.15) is 23.9 Å². The van der Waals surface area contributed by atoms with Crippen molar-refractivity contribution in [2.75, 3.05) is 12.4 Å². The van der Waals surface area contributed by atoms with E-state index in [1.807, 2.05) is 13.8 Å². The molecule has 0 N–H and O–H groups in total. The molecule has 1 fully saturated rings. The average molecular weight is 224 g/mol. The molecule has 1 aromatic rings. The smallest absolute Gasteiger partial charge is 0.188 e. The van der Waals surface area contributed by atoms with E-state index in [1.165, 1.54) is 5.56 Å². The highest BCUT2D eigenvalue weighted by Crippen LogP contribution is 2.32. The standard InChI is InChI=1S/C11H16N2OS/c1-7-8(2)12-10(13-9(7)3)15-6-11(4)5-14-11/h5-6H2,1-4H3. The van der Waals surface area contributed by atoms with Crippen LogP contribution in [-0.4, -0.2) is 27.9 Å². The van der Waals surface area contributed by atoms with Crippen LogP contribution >= 0.6 is 11.8 Å². The van der Waals surface area contributed by atoms with E-state index in [9.17, 15) is 0 Å². The Labute approximate surface area is 94.7 Å². The Hall–Kier alpha value is -0.610. The van der Waals surface area contributed by atoms with E-state index in [2.05, 4.69) is 23.8 Å². The Kier molecular flexibility index (Phi) is 2.73. The Bertz CT molecular complexity index is 365. The zero-order valence-electron chi connectivity index (χ0n) is 9.63. The Morgan fingerprint density at radius 1 is 1.27 bits per heavy atom. The first kappa shape index (κ1) is 10.9. The zero-order valence-corrected chi connectivity index (χ0v) is 10.4. The van der Waals surface area contributed by atoms with E-state index in [4.69, 9.17) is 4.74 Å². The molecule has 1 saturated heterocycles. The maximum atomic E-state index is 5.33. The van der Waals surface area contributed by atoms with Crippen LogP contribution in [-0.2, 0) is 4.74 Å². The lowest BCUT2D eigenvalue weighted by Crippen LogP contribution is -2.09. The molecule has 0 spiro atoms. The Morgan fingerprint density at radius 3 is 2.27 bits per heavy atom. The summed E-state index contributed by atoms with van der Waals surface area (Å²) >= 11 is 1.68. The highest BCUT2D eigenvalue weighted by molar-refractivity contribution is 7.99. The number of nitrogens with zero attached hydrogens (tertiary/aromatic N) is 2. The van der Waals surface area contributed by atoms with Gasteiger partial charge in [0.05, 0.1) is 12.2 Å². The van der Waals surface area contributed by atoms with Crippen LogP contribution in [0.25, 0.3) is 0 Å². The van der Waals surface area contributed by atoms with Crippen LogP contribution in [0.4, 0.5) is 0 Å². The number of ether oxygens (including phenoxy) is 1. The van der Waals surface area contributed by atoms with Crippen LogP contribution in [0.15, 0.2) is 5.16 Å². The van der Waals surface area contributed by atoms with Gasteiger partial charge < -0.3 is 4.74 Å². The summed E-state index contributed by atoms with van der Waals surface area (Å²) in [6.45, 7) is 9.11. The predicted octanol–water partition coefficient (Wildman–Crippen LogP) is 2.28. The quantitative estimate of drug-likeness (QED) is 0.448. The van der Waals surface area contributed by atoms with Crippen molar-refractivity contribution < 1.29 is 4.74 Å². The molecule has 0 aromatic carbocycles. The second-order valence-corrected chi connectivity index (χ2v) is 5.27. The fourth-order valence-corrected chi connectivity index (χ4v) is 2.23. The van der Waals surface area contributed by atoms with E-state index in [1.54, 1.807) is 11.8 Å². The second-order valence-electron chi connectivity index (χ2n) is 4.33. The Balaban J connectivity index is 2.08. The van der Waals surface area contributed by atoms with Crippen molar-refractivity contribution in [3.63, 3.8) is 0 Å². The molecule has 1 aliphatic rings. The largest absolute Gasteiger partial charge is 0.369 e. The summed E-state index contributed by atoms with van der Waals surface area (Å²) in [5.41, 5.74) is 3.41. The lowest BCUT2D eigenvalue weighted by molar-refractivity contribution is 0.348. The number of epoxide rings is 1. The average Bonchev–Trinajstić information content (AvgIpc) is 2.90. The van der Waals surface area contributed by atoms with Crippen LogP contribution in [0.2, 0.25) is 0 Å². The highest BCUT2D eigenvalue weighted by Gasteiger charge is 2.39. The van der Waals surface area contributed by atoms with Crippen molar-refractivity contribution in [2.45, 2.75) is 38.5 Å². The molecule has 3 nitrogen and oxygen atoms in total. The van der Waals surface area contributed by atoms with Gasteiger partial charge in [0.25, 0.3) is 0 Å². The topological polar surface area (TPSA) is 38.3 Å². The van der Waals surface area contributed by atoms with E-state index in [0.717, 1.165) is 28.9 Å². The molecule has 0 radical (unpaired) electrons. The fourth-order valence-electron chi connectivity index (χ4n) is 1.23. The summed E-state index contributed by atoms with van der Waals surface area (Å²) < 4.78 is 5.33. The van der Waals surface area contributed by atoms with Gasteiger partial charge in [-0.25, -0.2) is 9.97 Å². The molecule has 0 amide bonds. The third kappa shape index (κ3) is 2.49. The minimum Gasteiger partial charge on any atom is -0.369 e. The summed E-state index contributed by atoms with van der Waals surface area (Å²) in [6, 6.07) is 0. The van der Waals surface area contributed by atoms with Gasteiger partial charge in [-0.1, -0.05) is 11.8 Å². The maximum absolute atomic E-state index is 5.33. The molecule has 82 valence electrons. The lowest BCUT2D eigenvalue weighted by atomic mass is 10.2. The molecule has 1 aromatic heterocycles. The first-order chi connectivity index (χ1) is 7.00. The first-order valence-corrected chi connectivity index (χ1v) is 6.07. The lowest BCUT2D eigenvalue weighted by Gasteiger charge is -2.07. The van der Waals surface area contributed by atoms with Gasteiger partial charge >= 0.3 is 0 Å². The SMILES string of the molecule is Cc1nc(SCC2(C)CO2)nc(C)c1C. The molecule has 1 aliphatic heterocycles. The minimum absolute atomic E-state index is 0.0702. The monoisotopic (exact) mass is 224 g/mol. The molecule has 2 rings (SSSR count). The summed E-state index contributed by atoms with van der Waals surface area (Å²) in [4.78, 5) is 8.92. The molecular formula is C11H16N2OS. The van der Waals surface area contributed by atoms with E-state index >= 15 is 0 Å². The van der Waals surface area contributed by atoms with Crippen molar-refractivity contribution in [3.8, 4) is 0 Å². The van der Waals surface area contributed by atoms with Crippen LogP contribution in [0.3, 0.4) is 0 Å². The third-order valence-corrected chi connectivity index (χ3v) is 3.95. The summed E-state index contributed by atoms with van der Waals surface area (Å²) in [7, 11) is 0. The molecule has 2 heterocycles. The fraction of sp³-hybridized carbons (Fsp3) is 0.636. The molecule has 4 heteroatoms. The van der Waals surface area contributed by atoms with Crippen LogP contribution in [0.5, 0.6) is 0 Å². The van der Waals surface area contributed by atoms with Crippen molar-refractivity contribution in [1.82, 2.24) is 9.97 Å². The van der Waals surface area contributed by atoms with E-state index in [-0.39, 0.29) is 5.60 Å². The third-order valence-electron chi connectivity index (χ3n) is 2.76. The predicted molar refractivity (Wildman–Crippen MR) is 61.3 cm³/mol. The van der Waals surface area contributed by atoms with Crippen LogP contribution < -0.4 is 0 Å². The number of hydrogen-bond acceptors (Lipinski definition) is 4. The minimum atomic E-state index is 0.0702. The number of aryl methyl sites for hydroxylation is 2. The van der Waals surface area contributed by atoms with Crippen molar-refractivity contribution in [3.05, 3.63) is 17.0 Å². The van der Waals surface area contributed by atoms with Crippen molar-refractivity contribution in [1.29, 1.82) is 0 Å². The van der Waals surface area contributed by atoms with Gasteiger partial charge in [-0.2, -0.15) is 0 Å². The molecular weight excluding hydrogens is 208 g/mol. The normalized spacial score (nSPS) is 24.3. The summed E-state index contributed by atoms with van der Waals surface area (Å²) in [5, 5.41) is 0.868. The van der Waals surface area contributed by atoms with Gasteiger partial charge in [-0.15, -0.1) is 0 Å². The molecule has 1 unspecified atom stereocenters. The summed E-state index contributed by atoms with van der Waals surface area (Å²) in [6.07, 6.45) is 0. The second kappa shape index (κ2) is 3.76. The van der Waals surface area contributed by atoms with E-state index in [0.29, 0.717) is 0 Å². The number of aromatic nitrogens is 2. The number of thioether (sulfide) groups is 1. The van der Waals surface area contributed by atoms with Crippen molar-refractivity contribution >= 4 is 11.8 Å². The molecule has 0 saturated carbocycles. The zero-order chi connectivity index (χ0) is 11.1. The van der Waals surface area contributed by atoms with Crippen LogP contribution in [0, 0.1) is 20.8 Å². The van der Waals surface area contributed by atoms with Gasteiger partial charge in [0.15, 0.2) is 5.16 Å². The molecule has 1 atom stereocenters.